The Labute approximate surface area is 167 Å². The molecule has 152 valence electrons. The van der Waals surface area contributed by atoms with Gasteiger partial charge in [-0.15, -0.1) is 0 Å². The molecule has 0 radical (unpaired) electrons. The van der Waals surface area contributed by atoms with E-state index in [-0.39, 0.29) is 10.7 Å². The van der Waals surface area contributed by atoms with E-state index in [2.05, 4.69) is 44.2 Å². The molecule has 0 bridgehead atoms. The van der Waals surface area contributed by atoms with Crippen LogP contribution < -0.4 is 5.32 Å². The van der Waals surface area contributed by atoms with Gasteiger partial charge in [0.15, 0.2) is 8.32 Å². The Morgan fingerprint density at radius 2 is 1.82 bits per heavy atom. The maximum Gasteiger partial charge on any atom is 0.328 e. The minimum atomic E-state index is -1.93. The van der Waals surface area contributed by atoms with Crippen molar-refractivity contribution >= 4 is 31.1 Å². The van der Waals surface area contributed by atoms with E-state index in [0.717, 1.165) is 10.9 Å². The summed E-state index contributed by atoms with van der Waals surface area (Å²) in [4.78, 5) is 29.1. The number of nitrogens with zero attached hydrogens (tertiary/aromatic N) is 1. The standard InChI is InChI=1S/C21H30N2O4Si/c1-21(2,3)28(5,6)27-14-13-18(20(25)26-4)23-19(24)17-12-11-15-9-7-8-10-16(15)22-17/h7-12,18H,13-14H2,1-6H3,(H,23,24)/t18-/m1/s1. The van der Waals surface area contributed by atoms with Gasteiger partial charge in [0.05, 0.1) is 12.6 Å². The first-order valence-electron chi connectivity index (χ1n) is 9.43. The van der Waals surface area contributed by atoms with Crippen LogP contribution in [0, 0.1) is 0 Å². The summed E-state index contributed by atoms with van der Waals surface area (Å²) in [6.45, 7) is 11.1. The lowest BCUT2D eigenvalue weighted by molar-refractivity contribution is -0.143. The molecular formula is C21H30N2O4Si. The smallest absolute Gasteiger partial charge is 0.328 e. The fourth-order valence-electron chi connectivity index (χ4n) is 2.46. The number of benzene rings is 1. The van der Waals surface area contributed by atoms with Crippen LogP contribution >= 0.6 is 0 Å². The molecule has 1 aromatic carbocycles. The third-order valence-electron chi connectivity index (χ3n) is 5.30. The zero-order valence-electron chi connectivity index (χ0n) is 17.5. The van der Waals surface area contributed by atoms with Gasteiger partial charge >= 0.3 is 5.97 Å². The van der Waals surface area contributed by atoms with Crippen molar-refractivity contribution in [3.05, 3.63) is 42.1 Å². The van der Waals surface area contributed by atoms with Gasteiger partial charge < -0.3 is 14.5 Å². The molecule has 0 aliphatic carbocycles. The third kappa shape index (κ3) is 5.39. The van der Waals surface area contributed by atoms with Gasteiger partial charge in [0.2, 0.25) is 0 Å². The van der Waals surface area contributed by atoms with Crippen molar-refractivity contribution in [1.29, 1.82) is 0 Å². The Bertz CT molecular complexity index is 846. The number of esters is 1. The molecule has 7 heteroatoms. The summed E-state index contributed by atoms with van der Waals surface area (Å²) in [6.07, 6.45) is 0.346. The first-order valence-corrected chi connectivity index (χ1v) is 12.3. The number of hydrogen-bond acceptors (Lipinski definition) is 5. The molecule has 1 N–H and O–H groups in total. The molecule has 0 unspecified atom stereocenters. The van der Waals surface area contributed by atoms with Crippen LogP contribution in [-0.4, -0.2) is 44.9 Å². The van der Waals surface area contributed by atoms with E-state index in [1.54, 1.807) is 6.07 Å². The number of pyridine rings is 1. The van der Waals surface area contributed by atoms with E-state index in [1.807, 2.05) is 30.3 Å². The van der Waals surface area contributed by atoms with Crippen molar-refractivity contribution in [1.82, 2.24) is 10.3 Å². The number of aromatic nitrogens is 1. The van der Waals surface area contributed by atoms with Crippen LogP contribution in [0.15, 0.2) is 36.4 Å². The molecule has 1 heterocycles. The second-order valence-corrected chi connectivity index (χ2v) is 13.1. The Balaban J connectivity index is 2.06. The van der Waals surface area contributed by atoms with E-state index in [4.69, 9.17) is 9.16 Å². The largest absolute Gasteiger partial charge is 0.467 e. The summed E-state index contributed by atoms with van der Waals surface area (Å²) >= 11 is 0. The van der Waals surface area contributed by atoms with Crippen LogP contribution in [0.2, 0.25) is 18.1 Å². The fraction of sp³-hybridized carbons (Fsp3) is 0.476. The zero-order valence-corrected chi connectivity index (χ0v) is 18.5. The molecule has 0 aliphatic rings. The molecular weight excluding hydrogens is 372 g/mol. The van der Waals surface area contributed by atoms with Gasteiger partial charge in [0.1, 0.15) is 11.7 Å². The van der Waals surface area contributed by atoms with Crippen LogP contribution in [0.25, 0.3) is 10.9 Å². The van der Waals surface area contributed by atoms with Crippen molar-refractivity contribution < 1.29 is 18.8 Å². The highest BCUT2D eigenvalue weighted by Crippen LogP contribution is 2.36. The predicted octanol–water partition coefficient (Wildman–Crippen LogP) is 3.92. The zero-order chi connectivity index (χ0) is 20.9. The van der Waals surface area contributed by atoms with Crippen molar-refractivity contribution in [3.8, 4) is 0 Å². The topological polar surface area (TPSA) is 77.5 Å². The molecule has 1 aromatic heterocycles. The number of hydrogen-bond donors (Lipinski definition) is 1. The predicted molar refractivity (Wildman–Crippen MR) is 113 cm³/mol. The molecule has 0 saturated carbocycles. The van der Waals surface area contributed by atoms with Crippen LogP contribution in [0.4, 0.5) is 0 Å². The normalized spacial score (nSPS) is 13.2. The molecule has 6 nitrogen and oxygen atoms in total. The molecule has 1 amide bonds. The summed E-state index contributed by atoms with van der Waals surface area (Å²) in [7, 11) is -0.618. The minimum Gasteiger partial charge on any atom is -0.467 e. The first-order chi connectivity index (χ1) is 13.0. The highest BCUT2D eigenvalue weighted by molar-refractivity contribution is 6.74. The van der Waals surface area contributed by atoms with Crippen molar-refractivity contribution in [2.24, 2.45) is 0 Å². The van der Waals surface area contributed by atoms with Gasteiger partial charge in [0.25, 0.3) is 5.91 Å². The maximum atomic E-state index is 12.6. The highest BCUT2D eigenvalue weighted by Gasteiger charge is 2.37. The fourth-order valence-corrected chi connectivity index (χ4v) is 3.53. The number of carbonyl (C=O) groups excluding carboxylic acids is 2. The van der Waals surface area contributed by atoms with Gasteiger partial charge in [-0.1, -0.05) is 45.0 Å². The molecule has 0 saturated heterocycles. The number of carbonyl (C=O) groups is 2. The lowest BCUT2D eigenvalue weighted by Gasteiger charge is -2.36. The van der Waals surface area contributed by atoms with Crippen molar-refractivity contribution in [2.45, 2.75) is 51.4 Å². The van der Waals surface area contributed by atoms with Crippen molar-refractivity contribution in [2.75, 3.05) is 13.7 Å². The van der Waals surface area contributed by atoms with Crippen LogP contribution in [0.1, 0.15) is 37.7 Å². The average Bonchev–Trinajstić information content (AvgIpc) is 2.65. The van der Waals surface area contributed by atoms with E-state index >= 15 is 0 Å². The summed E-state index contributed by atoms with van der Waals surface area (Å²) in [5, 5.41) is 3.76. The van der Waals surface area contributed by atoms with E-state index in [0.29, 0.717) is 13.0 Å². The van der Waals surface area contributed by atoms with Crippen LogP contribution in [0.3, 0.4) is 0 Å². The number of ether oxygens (including phenoxy) is 1. The molecule has 0 spiro atoms. The van der Waals surface area contributed by atoms with Gasteiger partial charge in [-0.3, -0.25) is 4.79 Å². The Morgan fingerprint density at radius 3 is 2.46 bits per heavy atom. The van der Waals surface area contributed by atoms with Crippen LogP contribution in [0.5, 0.6) is 0 Å². The number of para-hydroxylation sites is 1. The van der Waals surface area contributed by atoms with Gasteiger partial charge in [-0.2, -0.15) is 0 Å². The molecule has 28 heavy (non-hydrogen) atoms. The molecule has 0 fully saturated rings. The van der Waals surface area contributed by atoms with E-state index < -0.39 is 26.2 Å². The number of fused-ring (bicyclic) bond motifs is 1. The Morgan fingerprint density at radius 1 is 1.14 bits per heavy atom. The molecule has 2 rings (SSSR count). The van der Waals surface area contributed by atoms with E-state index in [9.17, 15) is 9.59 Å². The number of nitrogens with one attached hydrogen (secondary N) is 1. The summed E-state index contributed by atoms with van der Waals surface area (Å²) < 4.78 is 11.0. The Hall–Kier alpha value is -2.25. The number of methoxy groups -OCH3 is 1. The maximum absolute atomic E-state index is 12.6. The van der Waals surface area contributed by atoms with Crippen molar-refractivity contribution in [3.63, 3.8) is 0 Å². The summed E-state index contributed by atoms with van der Waals surface area (Å²) in [6, 6.07) is 10.3. The number of rotatable bonds is 7. The average molecular weight is 403 g/mol. The number of amides is 1. The first kappa shape index (κ1) is 22.0. The lowest BCUT2D eigenvalue weighted by atomic mass is 10.2. The SMILES string of the molecule is COC(=O)[C@@H](CCO[Si](C)(C)C(C)(C)C)NC(=O)c1ccc2ccccc2n1. The second-order valence-electron chi connectivity index (χ2n) is 8.34. The molecule has 1 atom stereocenters. The summed E-state index contributed by atoms with van der Waals surface area (Å²) in [5.74, 6) is -0.901. The minimum absolute atomic E-state index is 0.0754. The lowest BCUT2D eigenvalue weighted by Crippen LogP contribution is -2.45. The van der Waals surface area contributed by atoms with Gasteiger partial charge in [0, 0.05) is 18.4 Å². The summed E-state index contributed by atoms with van der Waals surface area (Å²) in [5.41, 5.74) is 0.990. The van der Waals surface area contributed by atoms with Gasteiger partial charge in [-0.25, -0.2) is 9.78 Å². The third-order valence-corrected chi connectivity index (χ3v) is 9.84. The quantitative estimate of drug-likeness (QED) is 0.561. The van der Waals surface area contributed by atoms with Gasteiger partial charge in [-0.05, 0) is 30.3 Å². The molecule has 2 aromatic rings. The molecule has 0 aliphatic heterocycles. The monoisotopic (exact) mass is 402 g/mol. The Kier molecular flexibility index (Phi) is 6.95. The van der Waals surface area contributed by atoms with E-state index in [1.165, 1.54) is 7.11 Å². The van der Waals surface area contributed by atoms with Crippen LogP contribution in [-0.2, 0) is 14.0 Å². The highest BCUT2D eigenvalue weighted by atomic mass is 28.4. The second kappa shape index (κ2) is 8.83.